The first-order valence-corrected chi connectivity index (χ1v) is 9.34. The predicted octanol–water partition coefficient (Wildman–Crippen LogP) is 4.11. The molecular formula is C15H11Br2NO4S2. The third kappa shape index (κ3) is 4.92. The molecular weight excluding hydrogens is 482 g/mol. The van der Waals surface area contributed by atoms with Crippen LogP contribution in [0.2, 0.25) is 0 Å². The van der Waals surface area contributed by atoms with Gasteiger partial charge in [0.2, 0.25) is 0 Å². The summed E-state index contributed by atoms with van der Waals surface area (Å²) in [4.78, 5) is 23.0. The van der Waals surface area contributed by atoms with Crippen LogP contribution in [0, 0.1) is 0 Å². The fraction of sp³-hybridized carbons (Fsp3) is 0.133. The van der Waals surface area contributed by atoms with Crippen molar-refractivity contribution in [2.45, 2.75) is 6.92 Å². The zero-order chi connectivity index (χ0) is 17.9. The number of benzene rings is 1. The quantitative estimate of drug-likeness (QED) is 0.475. The van der Waals surface area contributed by atoms with Crippen molar-refractivity contribution in [2.24, 2.45) is 0 Å². The highest BCUT2D eigenvalue weighted by atomic mass is 79.9. The number of hydrogen-bond donors (Lipinski definition) is 2. The van der Waals surface area contributed by atoms with Crippen molar-refractivity contribution in [1.82, 2.24) is 5.32 Å². The Balaban J connectivity index is 2.34. The topological polar surface area (TPSA) is 75.6 Å². The summed E-state index contributed by atoms with van der Waals surface area (Å²) < 4.78 is 7.19. The van der Waals surface area contributed by atoms with Gasteiger partial charge in [-0.3, -0.25) is 4.79 Å². The molecule has 0 atom stereocenters. The second-order valence-corrected chi connectivity index (χ2v) is 8.13. The first-order chi connectivity index (χ1) is 11.3. The number of rotatable bonds is 5. The molecule has 2 rings (SSSR count). The Labute approximate surface area is 164 Å². The van der Waals surface area contributed by atoms with E-state index in [0.717, 1.165) is 10.0 Å². The van der Waals surface area contributed by atoms with Gasteiger partial charge in [-0.25, -0.2) is 4.79 Å². The number of hydrogen-bond acceptors (Lipinski definition) is 5. The number of aliphatic carboxylic acids is 1. The Hall–Kier alpha value is -1.16. The van der Waals surface area contributed by atoms with E-state index in [0.29, 0.717) is 25.0 Å². The van der Waals surface area contributed by atoms with E-state index >= 15 is 0 Å². The molecule has 5 nitrogen and oxygen atoms in total. The minimum Gasteiger partial charge on any atom is -0.480 e. The Morgan fingerprint density at radius 2 is 2.17 bits per heavy atom. The van der Waals surface area contributed by atoms with E-state index in [2.05, 4.69) is 37.2 Å². The standard InChI is InChI=1S/C15H11Br2NO4S2/c1-7(13-14(21)18-15(23)24-13)2-3-8-4-9(16)5-10(17)12(8)22-6-11(19)20/h2-5H,6H2,1H3,(H,19,20)(H,18,21,23). The molecule has 1 fully saturated rings. The number of thiocarbonyl (C=S) groups is 1. The van der Waals surface area contributed by atoms with Crippen LogP contribution in [0.1, 0.15) is 12.5 Å². The summed E-state index contributed by atoms with van der Waals surface area (Å²) in [5.74, 6) is -0.871. The summed E-state index contributed by atoms with van der Waals surface area (Å²) in [7, 11) is 0. The van der Waals surface area contributed by atoms with Gasteiger partial charge in [0, 0.05) is 10.0 Å². The van der Waals surface area contributed by atoms with Crippen molar-refractivity contribution in [3.63, 3.8) is 0 Å². The second kappa shape index (κ2) is 8.28. The third-order valence-corrected chi connectivity index (χ3v) is 5.26. The van der Waals surface area contributed by atoms with Crippen LogP contribution in [0.15, 0.2) is 37.6 Å². The van der Waals surface area contributed by atoms with Gasteiger partial charge in [0.15, 0.2) is 6.61 Å². The largest absolute Gasteiger partial charge is 0.480 e. The SMILES string of the molecule is CC(C=Cc1cc(Br)cc(Br)c1OCC(=O)O)=C1SC(=S)NC1=O. The van der Waals surface area contributed by atoms with Crippen LogP contribution >= 0.6 is 55.8 Å². The molecule has 0 radical (unpaired) electrons. The number of halogens is 2. The normalized spacial score (nSPS) is 16.5. The highest BCUT2D eigenvalue weighted by Crippen LogP contribution is 2.34. The Bertz CT molecular complexity index is 790. The molecule has 1 aliphatic rings. The molecule has 2 N–H and O–H groups in total. The number of carboxylic acids is 1. The number of carboxylic acid groups (broad SMARTS) is 1. The summed E-state index contributed by atoms with van der Waals surface area (Å²) in [5.41, 5.74) is 1.42. The molecule has 24 heavy (non-hydrogen) atoms. The molecule has 0 aliphatic carbocycles. The van der Waals surface area contributed by atoms with E-state index in [1.54, 1.807) is 31.2 Å². The van der Waals surface area contributed by atoms with Crippen LogP contribution in [0.25, 0.3) is 6.08 Å². The smallest absolute Gasteiger partial charge is 0.341 e. The van der Waals surface area contributed by atoms with E-state index in [1.807, 2.05) is 0 Å². The van der Waals surface area contributed by atoms with E-state index in [-0.39, 0.29) is 5.91 Å². The first-order valence-electron chi connectivity index (χ1n) is 6.53. The van der Waals surface area contributed by atoms with Crippen molar-refractivity contribution < 1.29 is 19.4 Å². The Kier molecular flexibility index (Phi) is 6.62. The van der Waals surface area contributed by atoms with Crippen LogP contribution in [-0.4, -0.2) is 27.9 Å². The zero-order valence-electron chi connectivity index (χ0n) is 12.3. The molecule has 1 saturated heterocycles. The highest BCUT2D eigenvalue weighted by molar-refractivity contribution is 9.11. The van der Waals surface area contributed by atoms with E-state index in [1.165, 1.54) is 11.8 Å². The lowest BCUT2D eigenvalue weighted by molar-refractivity contribution is -0.139. The molecule has 9 heteroatoms. The number of thioether (sulfide) groups is 1. The highest BCUT2D eigenvalue weighted by Gasteiger charge is 2.23. The van der Waals surface area contributed by atoms with E-state index < -0.39 is 12.6 Å². The van der Waals surface area contributed by atoms with Gasteiger partial charge < -0.3 is 15.2 Å². The maximum Gasteiger partial charge on any atom is 0.341 e. The molecule has 0 aromatic heterocycles. The van der Waals surface area contributed by atoms with Gasteiger partial charge in [0.25, 0.3) is 5.91 Å². The predicted molar refractivity (Wildman–Crippen MR) is 105 cm³/mol. The second-order valence-electron chi connectivity index (χ2n) is 4.68. The number of nitrogens with one attached hydrogen (secondary N) is 1. The van der Waals surface area contributed by atoms with Crippen LogP contribution in [0.4, 0.5) is 0 Å². The molecule has 1 aliphatic heterocycles. The summed E-state index contributed by atoms with van der Waals surface area (Å²) in [5, 5.41) is 11.4. The number of ether oxygens (including phenoxy) is 1. The molecule has 1 heterocycles. The summed E-state index contributed by atoms with van der Waals surface area (Å²) >= 11 is 12.9. The first kappa shape index (κ1) is 19.2. The molecule has 0 bridgehead atoms. The maximum atomic E-state index is 11.8. The lowest BCUT2D eigenvalue weighted by atomic mass is 10.1. The number of carbonyl (C=O) groups excluding carboxylic acids is 1. The van der Waals surface area contributed by atoms with Gasteiger partial charge in [-0.15, -0.1) is 0 Å². The average molecular weight is 493 g/mol. The summed E-state index contributed by atoms with van der Waals surface area (Å²) in [6.07, 6.45) is 3.52. The van der Waals surface area contributed by atoms with Crippen LogP contribution < -0.4 is 10.1 Å². The van der Waals surface area contributed by atoms with Gasteiger partial charge in [0.1, 0.15) is 10.1 Å². The summed E-state index contributed by atoms with van der Waals surface area (Å²) in [6, 6.07) is 3.56. The van der Waals surface area contributed by atoms with Gasteiger partial charge >= 0.3 is 5.97 Å². The molecule has 0 saturated carbocycles. The Morgan fingerprint density at radius 3 is 2.75 bits per heavy atom. The Morgan fingerprint density at radius 1 is 1.46 bits per heavy atom. The monoisotopic (exact) mass is 491 g/mol. The van der Waals surface area contributed by atoms with Gasteiger partial charge in [-0.2, -0.15) is 0 Å². The van der Waals surface area contributed by atoms with Gasteiger partial charge in [-0.05, 0) is 40.6 Å². The van der Waals surface area contributed by atoms with Crippen LogP contribution in [0.3, 0.4) is 0 Å². The van der Waals surface area contributed by atoms with Crippen molar-refractivity contribution in [1.29, 1.82) is 0 Å². The molecule has 0 unspecified atom stereocenters. The number of carbonyl (C=O) groups is 2. The van der Waals surface area contributed by atoms with E-state index in [9.17, 15) is 9.59 Å². The van der Waals surface area contributed by atoms with Crippen molar-refractivity contribution in [3.8, 4) is 5.75 Å². The number of allylic oxidation sites excluding steroid dienone is 2. The maximum absolute atomic E-state index is 11.8. The lowest BCUT2D eigenvalue weighted by Crippen LogP contribution is -2.18. The fourth-order valence-corrected chi connectivity index (χ4v) is 4.27. The van der Waals surface area contributed by atoms with Crippen molar-refractivity contribution in [2.75, 3.05) is 6.61 Å². The van der Waals surface area contributed by atoms with Crippen LogP contribution in [0.5, 0.6) is 5.75 Å². The molecule has 1 amide bonds. The van der Waals surface area contributed by atoms with E-state index in [4.69, 9.17) is 22.1 Å². The molecule has 126 valence electrons. The summed E-state index contributed by atoms with van der Waals surface area (Å²) in [6.45, 7) is 1.35. The van der Waals surface area contributed by atoms with Crippen LogP contribution in [-0.2, 0) is 9.59 Å². The minimum absolute atomic E-state index is 0.218. The zero-order valence-corrected chi connectivity index (χ0v) is 17.1. The molecule has 1 aromatic carbocycles. The lowest BCUT2D eigenvalue weighted by Gasteiger charge is -2.10. The minimum atomic E-state index is -1.06. The fourth-order valence-electron chi connectivity index (χ4n) is 1.85. The van der Waals surface area contributed by atoms with Crippen molar-refractivity contribution >= 4 is 78.1 Å². The van der Waals surface area contributed by atoms with Gasteiger partial charge in [0.05, 0.1) is 9.38 Å². The molecule has 0 spiro atoms. The van der Waals surface area contributed by atoms with Gasteiger partial charge in [-0.1, -0.05) is 52.1 Å². The number of amides is 1. The molecule has 1 aromatic rings. The third-order valence-electron chi connectivity index (χ3n) is 2.86. The average Bonchev–Trinajstić information content (AvgIpc) is 2.82. The van der Waals surface area contributed by atoms with Crippen molar-refractivity contribution in [3.05, 3.63) is 43.2 Å².